The zero-order valence-electron chi connectivity index (χ0n) is 14.7. The first kappa shape index (κ1) is 16.4. The number of hydrogen-bond donors (Lipinski definition) is 2. The Hall–Kier alpha value is -2.10. The molecule has 2 heterocycles. The van der Waals surface area contributed by atoms with Crippen molar-refractivity contribution in [3.05, 3.63) is 71.9 Å². The molecule has 0 atom stereocenters. The number of nitrogens with zero attached hydrogens (tertiary/aromatic N) is 1. The number of nitrogens with one attached hydrogen (secondary N) is 2. The second kappa shape index (κ2) is 7.85. The van der Waals surface area contributed by atoms with Crippen LogP contribution in [-0.4, -0.2) is 24.2 Å². The summed E-state index contributed by atoms with van der Waals surface area (Å²) in [6, 6.07) is 19.5. The molecule has 1 fully saturated rings. The molecule has 0 bridgehead atoms. The Morgan fingerprint density at radius 1 is 0.960 bits per heavy atom. The standard InChI is InChI=1S/C22H27N3/c1-2-6-19(7-3-1)16-25-17-20(21-8-4-5-9-22(21)25)15-24-14-18-10-12-23-13-11-18/h1-9,17-18,23-24H,10-16H2. The second-order valence-electron chi connectivity index (χ2n) is 7.11. The van der Waals surface area contributed by atoms with Gasteiger partial charge in [0.1, 0.15) is 0 Å². The van der Waals surface area contributed by atoms with Crippen molar-refractivity contribution < 1.29 is 0 Å². The second-order valence-corrected chi connectivity index (χ2v) is 7.11. The van der Waals surface area contributed by atoms with Gasteiger partial charge in [-0.25, -0.2) is 0 Å². The monoisotopic (exact) mass is 333 g/mol. The summed E-state index contributed by atoms with van der Waals surface area (Å²) in [6.45, 7) is 5.34. The largest absolute Gasteiger partial charge is 0.343 e. The Labute approximate surface area is 150 Å². The van der Waals surface area contributed by atoms with Gasteiger partial charge in [0.05, 0.1) is 0 Å². The number of aromatic nitrogens is 1. The van der Waals surface area contributed by atoms with Crippen molar-refractivity contribution in [1.29, 1.82) is 0 Å². The number of fused-ring (bicyclic) bond motifs is 1. The van der Waals surface area contributed by atoms with E-state index in [2.05, 4.69) is 76.0 Å². The van der Waals surface area contributed by atoms with Crippen molar-refractivity contribution in [2.75, 3.05) is 19.6 Å². The molecule has 3 heteroatoms. The van der Waals surface area contributed by atoms with Crippen LogP contribution in [0, 0.1) is 5.92 Å². The number of hydrogen-bond acceptors (Lipinski definition) is 2. The van der Waals surface area contributed by atoms with E-state index in [1.54, 1.807) is 0 Å². The maximum atomic E-state index is 3.70. The molecule has 25 heavy (non-hydrogen) atoms. The summed E-state index contributed by atoms with van der Waals surface area (Å²) in [5.41, 5.74) is 4.07. The third kappa shape index (κ3) is 3.94. The van der Waals surface area contributed by atoms with E-state index in [0.717, 1.165) is 25.6 Å². The van der Waals surface area contributed by atoms with Crippen molar-refractivity contribution in [1.82, 2.24) is 15.2 Å². The zero-order valence-corrected chi connectivity index (χ0v) is 14.7. The van der Waals surface area contributed by atoms with Gasteiger partial charge in [-0.15, -0.1) is 0 Å². The maximum absolute atomic E-state index is 3.70. The zero-order chi connectivity index (χ0) is 16.9. The summed E-state index contributed by atoms with van der Waals surface area (Å²) < 4.78 is 2.38. The summed E-state index contributed by atoms with van der Waals surface area (Å²) in [5, 5.41) is 8.51. The van der Waals surface area contributed by atoms with Gasteiger partial charge in [-0.1, -0.05) is 48.5 Å². The van der Waals surface area contributed by atoms with Crippen molar-refractivity contribution in [3.63, 3.8) is 0 Å². The SMILES string of the molecule is c1ccc(Cn2cc(CNCC3CCNCC3)c3ccccc32)cc1. The molecule has 3 aromatic rings. The van der Waals surface area contributed by atoms with E-state index in [4.69, 9.17) is 0 Å². The van der Waals surface area contributed by atoms with Crippen LogP contribution in [0.5, 0.6) is 0 Å². The Morgan fingerprint density at radius 3 is 2.56 bits per heavy atom. The van der Waals surface area contributed by atoms with Crippen LogP contribution < -0.4 is 10.6 Å². The molecule has 0 aliphatic carbocycles. The van der Waals surface area contributed by atoms with Crippen LogP contribution in [0.1, 0.15) is 24.0 Å². The molecule has 1 aromatic heterocycles. The van der Waals surface area contributed by atoms with Gasteiger partial charge in [0.2, 0.25) is 0 Å². The molecule has 4 rings (SSSR count). The molecule has 0 radical (unpaired) electrons. The molecule has 0 amide bonds. The third-order valence-electron chi connectivity index (χ3n) is 5.27. The van der Waals surface area contributed by atoms with E-state index in [-0.39, 0.29) is 0 Å². The van der Waals surface area contributed by atoms with E-state index < -0.39 is 0 Å². The van der Waals surface area contributed by atoms with E-state index in [1.165, 1.54) is 48.0 Å². The fraction of sp³-hybridized carbons (Fsp3) is 0.364. The summed E-state index contributed by atoms with van der Waals surface area (Å²) >= 11 is 0. The molecule has 0 spiro atoms. The minimum Gasteiger partial charge on any atom is -0.343 e. The van der Waals surface area contributed by atoms with Gasteiger partial charge in [-0.2, -0.15) is 0 Å². The summed E-state index contributed by atoms with van der Waals surface area (Å²) in [5.74, 6) is 0.818. The Bertz CT molecular complexity index is 801. The van der Waals surface area contributed by atoms with E-state index in [1.807, 2.05) is 0 Å². The van der Waals surface area contributed by atoms with Crippen LogP contribution in [0.25, 0.3) is 10.9 Å². The van der Waals surface area contributed by atoms with Crippen LogP contribution in [0.3, 0.4) is 0 Å². The van der Waals surface area contributed by atoms with Gasteiger partial charge in [-0.05, 0) is 55.6 Å². The van der Waals surface area contributed by atoms with Gasteiger partial charge in [-0.3, -0.25) is 0 Å². The van der Waals surface area contributed by atoms with Crippen LogP contribution in [0.2, 0.25) is 0 Å². The smallest absolute Gasteiger partial charge is 0.0486 e. The third-order valence-corrected chi connectivity index (χ3v) is 5.27. The number of para-hydroxylation sites is 1. The molecule has 1 aliphatic rings. The molecule has 0 unspecified atom stereocenters. The maximum Gasteiger partial charge on any atom is 0.0486 e. The molecule has 0 saturated carbocycles. The average molecular weight is 333 g/mol. The highest BCUT2D eigenvalue weighted by Gasteiger charge is 2.13. The lowest BCUT2D eigenvalue weighted by Crippen LogP contribution is -2.33. The Morgan fingerprint density at radius 2 is 1.72 bits per heavy atom. The minimum absolute atomic E-state index is 0.818. The van der Waals surface area contributed by atoms with Crippen molar-refractivity contribution in [3.8, 4) is 0 Å². The lowest BCUT2D eigenvalue weighted by Gasteiger charge is -2.22. The fourth-order valence-corrected chi connectivity index (χ4v) is 3.87. The summed E-state index contributed by atoms with van der Waals surface area (Å²) in [4.78, 5) is 0. The highest BCUT2D eigenvalue weighted by molar-refractivity contribution is 5.84. The van der Waals surface area contributed by atoms with Crippen LogP contribution in [-0.2, 0) is 13.1 Å². The lowest BCUT2D eigenvalue weighted by atomic mass is 9.98. The van der Waals surface area contributed by atoms with Crippen molar-refractivity contribution >= 4 is 10.9 Å². The number of benzene rings is 2. The molecule has 130 valence electrons. The van der Waals surface area contributed by atoms with Crippen molar-refractivity contribution in [2.24, 2.45) is 5.92 Å². The molecule has 1 aliphatic heterocycles. The van der Waals surface area contributed by atoms with Gasteiger partial charge in [0, 0.05) is 30.2 Å². The fourth-order valence-electron chi connectivity index (χ4n) is 3.87. The Kier molecular flexibility index (Phi) is 5.14. The molecule has 1 saturated heterocycles. The van der Waals surface area contributed by atoms with E-state index in [9.17, 15) is 0 Å². The molecule has 3 nitrogen and oxygen atoms in total. The van der Waals surface area contributed by atoms with E-state index in [0.29, 0.717) is 0 Å². The average Bonchev–Trinajstić information content (AvgIpc) is 3.01. The molecular formula is C22H27N3. The first-order valence-electron chi connectivity index (χ1n) is 9.42. The van der Waals surface area contributed by atoms with Crippen LogP contribution in [0.4, 0.5) is 0 Å². The topological polar surface area (TPSA) is 29.0 Å². The first-order valence-corrected chi connectivity index (χ1v) is 9.42. The van der Waals surface area contributed by atoms with Crippen molar-refractivity contribution in [2.45, 2.75) is 25.9 Å². The normalized spacial score (nSPS) is 15.7. The van der Waals surface area contributed by atoms with Crippen LogP contribution >= 0.6 is 0 Å². The summed E-state index contributed by atoms with van der Waals surface area (Å²) in [7, 11) is 0. The summed E-state index contributed by atoms with van der Waals surface area (Å²) in [6.07, 6.45) is 4.92. The predicted octanol–water partition coefficient (Wildman–Crippen LogP) is 3.78. The lowest BCUT2D eigenvalue weighted by molar-refractivity contribution is 0.356. The van der Waals surface area contributed by atoms with Crippen LogP contribution in [0.15, 0.2) is 60.8 Å². The minimum atomic E-state index is 0.818. The van der Waals surface area contributed by atoms with Gasteiger partial charge >= 0.3 is 0 Å². The van der Waals surface area contributed by atoms with Gasteiger partial charge < -0.3 is 15.2 Å². The first-order chi connectivity index (χ1) is 12.4. The molecular weight excluding hydrogens is 306 g/mol. The highest BCUT2D eigenvalue weighted by atomic mass is 15.0. The number of rotatable bonds is 6. The Balaban J connectivity index is 1.48. The van der Waals surface area contributed by atoms with E-state index >= 15 is 0 Å². The highest BCUT2D eigenvalue weighted by Crippen LogP contribution is 2.22. The molecule has 2 N–H and O–H groups in total. The van der Waals surface area contributed by atoms with Gasteiger partial charge in [0.15, 0.2) is 0 Å². The quantitative estimate of drug-likeness (QED) is 0.719. The number of piperidine rings is 1. The predicted molar refractivity (Wildman–Crippen MR) is 105 cm³/mol. The van der Waals surface area contributed by atoms with Gasteiger partial charge in [0.25, 0.3) is 0 Å². The molecule has 2 aromatic carbocycles.